The van der Waals surface area contributed by atoms with Crippen LogP contribution >= 0.6 is 0 Å². The van der Waals surface area contributed by atoms with Gasteiger partial charge in [-0.3, -0.25) is 9.59 Å². The minimum Gasteiger partial charge on any atom is -0.340 e. The minimum atomic E-state index is -3.58. The van der Waals surface area contributed by atoms with E-state index in [4.69, 9.17) is 0 Å². The summed E-state index contributed by atoms with van der Waals surface area (Å²) >= 11 is 0. The molecule has 0 spiro atoms. The second-order valence-electron chi connectivity index (χ2n) is 6.44. The first kappa shape index (κ1) is 17.1. The maximum atomic E-state index is 12.7. The van der Waals surface area contributed by atoms with Gasteiger partial charge in [-0.05, 0) is 31.9 Å². The van der Waals surface area contributed by atoms with Crippen LogP contribution in [0.1, 0.15) is 36.5 Å². The summed E-state index contributed by atoms with van der Waals surface area (Å²) in [6.07, 6.45) is 3.03. The standard InChI is InChI=1S/C17H22N2O4S/c1-13(20)14-5-7-16(8-6-14)24(22,23)19-11-9-18(10-12-19)17(21)15-3-2-4-15/h5-8,15H,2-4,9-12H2,1H3. The number of amides is 1. The summed E-state index contributed by atoms with van der Waals surface area (Å²) in [7, 11) is -3.58. The Morgan fingerprint density at radius 2 is 1.58 bits per heavy atom. The Hall–Kier alpha value is -1.73. The Balaban J connectivity index is 1.66. The number of hydrogen-bond donors (Lipinski definition) is 0. The van der Waals surface area contributed by atoms with Gasteiger partial charge in [0.2, 0.25) is 15.9 Å². The Kier molecular flexibility index (Phi) is 4.73. The fourth-order valence-corrected chi connectivity index (χ4v) is 4.50. The molecular formula is C17H22N2O4S. The van der Waals surface area contributed by atoms with E-state index in [2.05, 4.69) is 0 Å². The average Bonchev–Trinajstić information content (AvgIpc) is 2.53. The van der Waals surface area contributed by atoms with Crippen LogP contribution in [0.3, 0.4) is 0 Å². The van der Waals surface area contributed by atoms with E-state index in [1.165, 1.54) is 35.5 Å². The van der Waals surface area contributed by atoms with E-state index in [1.807, 2.05) is 0 Å². The second-order valence-corrected chi connectivity index (χ2v) is 8.38. The van der Waals surface area contributed by atoms with Crippen LogP contribution in [0.4, 0.5) is 0 Å². The first-order chi connectivity index (χ1) is 11.4. The molecule has 1 heterocycles. The fourth-order valence-electron chi connectivity index (χ4n) is 3.07. The number of piperazine rings is 1. The Labute approximate surface area is 142 Å². The van der Waals surface area contributed by atoms with Crippen molar-refractivity contribution in [1.82, 2.24) is 9.21 Å². The molecule has 2 fully saturated rings. The van der Waals surface area contributed by atoms with Gasteiger partial charge >= 0.3 is 0 Å². The normalized spacial score (nSPS) is 19.8. The summed E-state index contributed by atoms with van der Waals surface area (Å²) in [4.78, 5) is 25.5. The molecule has 7 heteroatoms. The SMILES string of the molecule is CC(=O)c1ccc(S(=O)(=O)N2CCN(C(=O)C3CCC3)CC2)cc1. The predicted octanol–water partition coefficient (Wildman–Crippen LogP) is 1.52. The Morgan fingerprint density at radius 1 is 1.00 bits per heavy atom. The lowest BCUT2D eigenvalue weighted by Crippen LogP contribution is -2.52. The van der Waals surface area contributed by atoms with Gasteiger partial charge < -0.3 is 4.90 Å². The quantitative estimate of drug-likeness (QED) is 0.772. The van der Waals surface area contributed by atoms with E-state index >= 15 is 0 Å². The number of Topliss-reactive ketones (excluding diaryl/α,β-unsaturated/α-hetero) is 1. The lowest BCUT2D eigenvalue weighted by atomic mass is 9.84. The smallest absolute Gasteiger partial charge is 0.243 e. The third-order valence-corrected chi connectivity index (χ3v) is 6.82. The van der Waals surface area contributed by atoms with Gasteiger partial charge in [-0.2, -0.15) is 4.31 Å². The lowest BCUT2D eigenvalue weighted by Gasteiger charge is -2.37. The molecule has 0 bridgehead atoms. The predicted molar refractivity (Wildman–Crippen MR) is 89.1 cm³/mol. The zero-order valence-electron chi connectivity index (χ0n) is 13.8. The van der Waals surface area contributed by atoms with Crippen LogP contribution in [0, 0.1) is 5.92 Å². The van der Waals surface area contributed by atoms with Gasteiger partial charge in [-0.25, -0.2) is 8.42 Å². The highest BCUT2D eigenvalue weighted by Gasteiger charge is 2.34. The molecule has 2 aliphatic rings. The van der Waals surface area contributed by atoms with Crippen LogP contribution in [0.2, 0.25) is 0 Å². The third-order valence-electron chi connectivity index (χ3n) is 4.90. The summed E-state index contributed by atoms with van der Waals surface area (Å²) in [5, 5.41) is 0. The molecule has 0 radical (unpaired) electrons. The largest absolute Gasteiger partial charge is 0.340 e. The van der Waals surface area contributed by atoms with Gasteiger partial charge in [0.05, 0.1) is 4.90 Å². The number of carbonyl (C=O) groups excluding carboxylic acids is 2. The molecule has 6 nitrogen and oxygen atoms in total. The first-order valence-electron chi connectivity index (χ1n) is 8.29. The number of nitrogens with zero attached hydrogens (tertiary/aromatic N) is 2. The zero-order chi connectivity index (χ0) is 17.3. The van der Waals surface area contributed by atoms with Crippen LogP contribution in [-0.4, -0.2) is 55.5 Å². The molecule has 3 rings (SSSR count). The molecule has 1 saturated carbocycles. The number of benzene rings is 1. The van der Waals surface area contributed by atoms with Crippen molar-refractivity contribution >= 4 is 21.7 Å². The van der Waals surface area contributed by atoms with Gasteiger partial charge in [-0.1, -0.05) is 18.6 Å². The molecule has 0 atom stereocenters. The molecule has 1 saturated heterocycles. The van der Waals surface area contributed by atoms with E-state index in [0.29, 0.717) is 31.7 Å². The van der Waals surface area contributed by atoms with Crippen molar-refractivity contribution in [1.29, 1.82) is 0 Å². The van der Waals surface area contributed by atoms with Gasteiger partial charge in [-0.15, -0.1) is 0 Å². The minimum absolute atomic E-state index is 0.0953. The highest BCUT2D eigenvalue weighted by atomic mass is 32.2. The van der Waals surface area contributed by atoms with Crippen LogP contribution in [-0.2, 0) is 14.8 Å². The highest BCUT2D eigenvalue weighted by Crippen LogP contribution is 2.29. The number of ketones is 1. The number of rotatable bonds is 4. The van der Waals surface area contributed by atoms with E-state index in [0.717, 1.165) is 19.3 Å². The summed E-state index contributed by atoms with van der Waals surface area (Å²) in [5.41, 5.74) is 0.491. The molecule has 0 aromatic heterocycles. The van der Waals surface area contributed by atoms with Crippen molar-refractivity contribution in [2.75, 3.05) is 26.2 Å². The zero-order valence-corrected chi connectivity index (χ0v) is 14.6. The van der Waals surface area contributed by atoms with E-state index in [-0.39, 0.29) is 22.5 Å². The monoisotopic (exact) mass is 350 g/mol. The van der Waals surface area contributed by atoms with Crippen molar-refractivity contribution in [3.05, 3.63) is 29.8 Å². The molecule has 1 aromatic rings. The number of carbonyl (C=O) groups is 2. The molecule has 0 unspecified atom stereocenters. The van der Waals surface area contributed by atoms with E-state index < -0.39 is 10.0 Å². The topological polar surface area (TPSA) is 74.8 Å². The van der Waals surface area contributed by atoms with E-state index in [9.17, 15) is 18.0 Å². The molecule has 1 amide bonds. The third kappa shape index (κ3) is 3.23. The van der Waals surface area contributed by atoms with E-state index in [1.54, 1.807) is 4.90 Å². The van der Waals surface area contributed by atoms with Crippen molar-refractivity contribution < 1.29 is 18.0 Å². The maximum Gasteiger partial charge on any atom is 0.243 e. The van der Waals surface area contributed by atoms with Gasteiger partial charge in [0.25, 0.3) is 0 Å². The van der Waals surface area contributed by atoms with Crippen molar-refractivity contribution in [3.63, 3.8) is 0 Å². The van der Waals surface area contributed by atoms with Gasteiger partial charge in [0, 0.05) is 37.7 Å². The maximum absolute atomic E-state index is 12.7. The fraction of sp³-hybridized carbons (Fsp3) is 0.529. The molecule has 24 heavy (non-hydrogen) atoms. The summed E-state index contributed by atoms with van der Waals surface area (Å²) in [5.74, 6) is 0.221. The second kappa shape index (κ2) is 6.64. The highest BCUT2D eigenvalue weighted by molar-refractivity contribution is 7.89. The summed E-state index contributed by atoms with van der Waals surface area (Å²) in [6.45, 7) is 2.96. The summed E-state index contributed by atoms with van der Waals surface area (Å²) < 4.78 is 26.8. The van der Waals surface area contributed by atoms with Gasteiger partial charge in [0.15, 0.2) is 5.78 Å². The van der Waals surface area contributed by atoms with Crippen LogP contribution < -0.4 is 0 Å². The molecular weight excluding hydrogens is 328 g/mol. The Bertz CT molecular complexity index is 730. The van der Waals surface area contributed by atoms with Crippen LogP contribution in [0.25, 0.3) is 0 Å². The van der Waals surface area contributed by atoms with Crippen molar-refractivity contribution in [3.8, 4) is 0 Å². The number of hydrogen-bond acceptors (Lipinski definition) is 4. The number of sulfonamides is 1. The lowest BCUT2D eigenvalue weighted by molar-refractivity contribution is -0.139. The molecule has 0 N–H and O–H groups in total. The van der Waals surface area contributed by atoms with Crippen LogP contribution in [0.15, 0.2) is 29.2 Å². The summed E-state index contributed by atoms with van der Waals surface area (Å²) in [6, 6.07) is 6.01. The molecule has 1 aromatic carbocycles. The first-order valence-corrected chi connectivity index (χ1v) is 9.73. The molecule has 1 aliphatic carbocycles. The Morgan fingerprint density at radius 3 is 2.04 bits per heavy atom. The van der Waals surface area contributed by atoms with Gasteiger partial charge in [0.1, 0.15) is 0 Å². The average molecular weight is 350 g/mol. The van der Waals surface area contributed by atoms with Crippen molar-refractivity contribution in [2.24, 2.45) is 5.92 Å². The van der Waals surface area contributed by atoms with Crippen molar-refractivity contribution in [2.45, 2.75) is 31.1 Å². The molecule has 130 valence electrons. The molecule has 1 aliphatic heterocycles. The van der Waals surface area contributed by atoms with Crippen LogP contribution in [0.5, 0.6) is 0 Å².